The fourth-order valence-electron chi connectivity index (χ4n) is 2.33. The van der Waals surface area contributed by atoms with Gasteiger partial charge in [0.05, 0.1) is 0 Å². The number of aliphatic imine (C=N–C) groups is 1. The van der Waals surface area contributed by atoms with Gasteiger partial charge in [0, 0.05) is 19.5 Å². The smallest absolute Gasteiger partial charge is 0.220 e. The Bertz CT molecular complexity index is 316. The Balaban J connectivity index is 3.35. The molecule has 0 aliphatic rings. The second-order valence-corrected chi connectivity index (χ2v) is 6.25. The molecule has 1 unspecified atom stereocenters. The third kappa shape index (κ3) is 16.9. The van der Waals surface area contributed by atoms with E-state index in [1.807, 2.05) is 0 Å². The monoisotopic (exact) mass is 327 g/mol. The molecule has 0 rings (SSSR count). The highest BCUT2D eigenvalue weighted by Crippen LogP contribution is 2.14. The van der Waals surface area contributed by atoms with Gasteiger partial charge >= 0.3 is 0 Å². The Morgan fingerprint density at radius 2 is 1.78 bits per heavy atom. The van der Waals surface area contributed by atoms with Gasteiger partial charge in [0.15, 0.2) is 5.96 Å². The molecule has 136 valence electrons. The Hall–Kier alpha value is -1.30. The van der Waals surface area contributed by atoms with Crippen LogP contribution >= 0.6 is 0 Å². The van der Waals surface area contributed by atoms with Crippen molar-refractivity contribution in [2.24, 2.45) is 22.4 Å². The first kappa shape index (κ1) is 21.7. The topological polar surface area (TPSA) is 106 Å². The third-order valence-electron chi connectivity index (χ3n) is 3.82. The van der Waals surface area contributed by atoms with Crippen LogP contribution in [-0.2, 0) is 4.79 Å². The van der Waals surface area contributed by atoms with Crippen molar-refractivity contribution >= 4 is 11.9 Å². The van der Waals surface area contributed by atoms with Crippen molar-refractivity contribution in [3.63, 3.8) is 0 Å². The highest BCUT2D eigenvalue weighted by atomic mass is 16.1. The summed E-state index contributed by atoms with van der Waals surface area (Å²) in [4.78, 5) is 15.7. The lowest BCUT2D eigenvalue weighted by Crippen LogP contribution is -2.28. The van der Waals surface area contributed by atoms with Crippen LogP contribution < -0.4 is 22.1 Å². The summed E-state index contributed by atoms with van der Waals surface area (Å²) in [7, 11) is 0. The van der Waals surface area contributed by atoms with Crippen molar-refractivity contribution in [1.29, 1.82) is 0 Å². The van der Waals surface area contributed by atoms with Crippen LogP contribution in [0, 0.1) is 5.92 Å². The molecule has 0 saturated carbocycles. The van der Waals surface area contributed by atoms with Gasteiger partial charge < -0.3 is 22.1 Å². The predicted octanol–water partition coefficient (Wildman–Crippen LogP) is 1.74. The van der Waals surface area contributed by atoms with Crippen molar-refractivity contribution in [1.82, 2.24) is 10.6 Å². The summed E-state index contributed by atoms with van der Waals surface area (Å²) >= 11 is 0. The molecule has 0 saturated heterocycles. The fraction of sp³-hybridized carbons (Fsp3) is 0.882. The molecular formula is C17H37N5O. The van der Waals surface area contributed by atoms with E-state index in [-0.39, 0.29) is 11.9 Å². The maximum Gasteiger partial charge on any atom is 0.220 e. The zero-order valence-corrected chi connectivity index (χ0v) is 15.1. The van der Waals surface area contributed by atoms with Crippen molar-refractivity contribution < 1.29 is 4.79 Å². The molecule has 0 aliphatic carbocycles. The molecule has 0 aromatic heterocycles. The number of nitrogens with zero attached hydrogens (tertiary/aromatic N) is 1. The first-order chi connectivity index (χ1) is 11.1. The van der Waals surface area contributed by atoms with E-state index in [1.54, 1.807) is 0 Å². The lowest BCUT2D eigenvalue weighted by molar-refractivity contribution is -0.121. The highest BCUT2D eigenvalue weighted by molar-refractivity contribution is 5.76. The van der Waals surface area contributed by atoms with Crippen LogP contribution in [0.1, 0.15) is 65.2 Å². The summed E-state index contributed by atoms with van der Waals surface area (Å²) in [5, 5.41) is 6.30. The molecule has 1 amide bonds. The number of amides is 1. The van der Waals surface area contributed by atoms with E-state index in [0.717, 1.165) is 38.9 Å². The minimum atomic E-state index is 0.146. The number of guanidine groups is 1. The Morgan fingerprint density at radius 3 is 2.48 bits per heavy atom. The molecule has 1 atom stereocenters. The first-order valence-corrected chi connectivity index (χ1v) is 9.09. The van der Waals surface area contributed by atoms with Crippen LogP contribution in [0.3, 0.4) is 0 Å². The number of rotatable bonds is 15. The van der Waals surface area contributed by atoms with Crippen molar-refractivity contribution in [2.75, 3.05) is 26.2 Å². The molecule has 0 aliphatic heterocycles. The molecule has 0 bridgehead atoms. The fourth-order valence-corrected chi connectivity index (χ4v) is 2.33. The van der Waals surface area contributed by atoms with Gasteiger partial charge in [-0.25, -0.2) is 0 Å². The van der Waals surface area contributed by atoms with Crippen LogP contribution in [0.25, 0.3) is 0 Å². The van der Waals surface area contributed by atoms with Gasteiger partial charge in [-0.2, -0.15) is 0 Å². The van der Waals surface area contributed by atoms with E-state index < -0.39 is 0 Å². The molecule has 0 aromatic carbocycles. The van der Waals surface area contributed by atoms with E-state index in [2.05, 4.69) is 29.5 Å². The number of hydrogen-bond acceptors (Lipinski definition) is 3. The standard InChI is InChI=1S/C17H37N5O/c1-3-4-5-8-15(2)9-10-16(23)21-13-6-11-20-12-7-14-22-17(18)19/h15,20H,3-14H2,1-2H3,(H,21,23)(H4,18,19,22). The summed E-state index contributed by atoms with van der Waals surface area (Å²) in [5.74, 6) is 0.978. The van der Waals surface area contributed by atoms with Gasteiger partial charge in [-0.3, -0.25) is 9.79 Å². The Morgan fingerprint density at radius 1 is 1.04 bits per heavy atom. The van der Waals surface area contributed by atoms with E-state index >= 15 is 0 Å². The van der Waals surface area contributed by atoms with Gasteiger partial charge in [-0.15, -0.1) is 0 Å². The van der Waals surface area contributed by atoms with E-state index in [1.165, 1.54) is 25.7 Å². The summed E-state index contributed by atoms with van der Waals surface area (Å²) in [6, 6.07) is 0. The van der Waals surface area contributed by atoms with Crippen LogP contribution in [0.2, 0.25) is 0 Å². The number of nitrogens with two attached hydrogens (primary N) is 2. The molecule has 0 aromatic rings. The largest absolute Gasteiger partial charge is 0.370 e. The SMILES string of the molecule is CCCCCC(C)CCC(=O)NCCCNCCCN=C(N)N. The molecule has 0 fully saturated rings. The van der Waals surface area contributed by atoms with Crippen LogP contribution in [-0.4, -0.2) is 38.0 Å². The van der Waals surface area contributed by atoms with Gasteiger partial charge in [0.2, 0.25) is 5.91 Å². The van der Waals surface area contributed by atoms with Gasteiger partial charge in [-0.05, 0) is 38.3 Å². The number of hydrogen-bond donors (Lipinski definition) is 4. The van der Waals surface area contributed by atoms with E-state index in [0.29, 0.717) is 18.9 Å². The van der Waals surface area contributed by atoms with Crippen molar-refractivity contribution in [2.45, 2.75) is 65.2 Å². The van der Waals surface area contributed by atoms with Gasteiger partial charge in [0.1, 0.15) is 0 Å². The molecule has 0 spiro atoms. The van der Waals surface area contributed by atoms with Crippen molar-refractivity contribution in [3.8, 4) is 0 Å². The first-order valence-electron chi connectivity index (χ1n) is 9.09. The van der Waals surface area contributed by atoms with E-state index in [4.69, 9.17) is 11.5 Å². The maximum absolute atomic E-state index is 11.7. The summed E-state index contributed by atoms with van der Waals surface area (Å²) < 4.78 is 0. The van der Waals surface area contributed by atoms with Crippen molar-refractivity contribution in [3.05, 3.63) is 0 Å². The second kappa shape index (κ2) is 15.6. The molecular weight excluding hydrogens is 290 g/mol. The minimum Gasteiger partial charge on any atom is -0.370 e. The third-order valence-corrected chi connectivity index (χ3v) is 3.82. The predicted molar refractivity (Wildman–Crippen MR) is 98.3 cm³/mol. The average Bonchev–Trinajstić information content (AvgIpc) is 2.51. The minimum absolute atomic E-state index is 0.146. The van der Waals surface area contributed by atoms with Gasteiger partial charge in [-0.1, -0.05) is 39.5 Å². The molecule has 6 N–H and O–H groups in total. The Kier molecular flexibility index (Phi) is 14.7. The lowest BCUT2D eigenvalue weighted by atomic mass is 9.98. The quantitative estimate of drug-likeness (QED) is 0.209. The normalized spacial score (nSPS) is 11.9. The molecule has 0 heterocycles. The summed E-state index contributed by atoms with van der Waals surface area (Å²) in [6.45, 7) is 7.65. The van der Waals surface area contributed by atoms with Crippen LogP contribution in [0.4, 0.5) is 0 Å². The van der Waals surface area contributed by atoms with E-state index in [9.17, 15) is 4.79 Å². The number of carbonyl (C=O) groups excluding carboxylic acids is 1. The summed E-state index contributed by atoms with van der Waals surface area (Å²) in [6.07, 6.45) is 8.60. The summed E-state index contributed by atoms with van der Waals surface area (Å²) in [5.41, 5.74) is 10.5. The number of unbranched alkanes of at least 4 members (excludes halogenated alkanes) is 2. The molecule has 6 nitrogen and oxygen atoms in total. The molecule has 6 heteroatoms. The second-order valence-electron chi connectivity index (χ2n) is 6.25. The highest BCUT2D eigenvalue weighted by Gasteiger charge is 2.06. The number of nitrogens with one attached hydrogen (secondary N) is 2. The maximum atomic E-state index is 11.7. The average molecular weight is 328 g/mol. The zero-order chi connectivity index (χ0) is 17.3. The van der Waals surface area contributed by atoms with Crippen LogP contribution in [0.5, 0.6) is 0 Å². The zero-order valence-electron chi connectivity index (χ0n) is 15.1. The van der Waals surface area contributed by atoms with Crippen LogP contribution in [0.15, 0.2) is 4.99 Å². The number of carbonyl (C=O) groups is 1. The molecule has 23 heavy (non-hydrogen) atoms. The Labute approximate surface area is 141 Å². The van der Waals surface area contributed by atoms with Gasteiger partial charge in [0.25, 0.3) is 0 Å². The molecule has 0 radical (unpaired) electrons. The lowest BCUT2D eigenvalue weighted by Gasteiger charge is -2.11.